The fourth-order valence-electron chi connectivity index (χ4n) is 6.37. The van der Waals surface area contributed by atoms with Crippen LogP contribution in [0.2, 0.25) is 0 Å². The zero-order valence-corrected chi connectivity index (χ0v) is 14.0. The standard InChI is InChI=1S/C20H24O4/c1-24-18(23)20-10-13-8-19(12-20,15-5-3-2-4-6-15)9-14(11-20)16(13)7-17(21)22/h2-6,13-14,16H,7-12H2,1H3,(H,21,22). The van der Waals surface area contributed by atoms with E-state index in [0.29, 0.717) is 11.8 Å². The van der Waals surface area contributed by atoms with Gasteiger partial charge in [0, 0.05) is 6.42 Å². The van der Waals surface area contributed by atoms with Gasteiger partial charge in [-0.25, -0.2) is 0 Å². The SMILES string of the molecule is COC(=O)C12CC3CC(c4ccccc4)(CC(C1)C3CC(=O)O)C2. The van der Waals surface area contributed by atoms with Crippen molar-refractivity contribution in [1.82, 2.24) is 0 Å². The van der Waals surface area contributed by atoms with Crippen LogP contribution >= 0.6 is 0 Å². The van der Waals surface area contributed by atoms with Gasteiger partial charge >= 0.3 is 11.9 Å². The van der Waals surface area contributed by atoms with Crippen LogP contribution < -0.4 is 0 Å². The second-order valence-corrected chi connectivity index (χ2v) is 8.19. The number of methoxy groups -OCH3 is 1. The minimum absolute atomic E-state index is 0.0102. The number of ether oxygens (including phenoxy) is 1. The maximum Gasteiger partial charge on any atom is 0.311 e. The van der Waals surface area contributed by atoms with Crippen molar-refractivity contribution < 1.29 is 19.4 Å². The lowest BCUT2D eigenvalue weighted by Crippen LogP contribution is -2.60. The molecule has 1 aromatic rings. The predicted octanol–water partition coefficient (Wildman–Crippen LogP) is 3.40. The number of hydrogen-bond donors (Lipinski definition) is 1. The smallest absolute Gasteiger partial charge is 0.311 e. The first kappa shape index (κ1) is 15.7. The van der Waals surface area contributed by atoms with Crippen LogP contribution in [0, 0.1) is 23.2 Å². The molecule has 4 heteroatoms. The molecule has 4 saturated carbocycles. The highest BCUT2D eigenvalue weighted by molar-refractivity contribution is 5.78. The molecule has 0 amide bonds. The molecular formula is C20H24O4. The first-order valence-electron chi connectivity index (χ1n) is 8.84. The van der Waals surface area contributed by atoms with E-state index in [1.54, 1.807) is 0 Å². The van der Waals surface area contributed by atoms with E-state index >= 15 is 0 Å². The van der Waals surface area contributed by atoms with Crippen LogP contribution in [0.1, 0.15) is 44.1 Å². The highest BCUT2D eigenvalue weighted by atomic mass is 16.5. The van der Waals surface area contributed by atoms with Crippen LogP contribution in [-0.4, -0.2) is 24.2 Å². The highest BCUT2D eigenvalue weighted by Crippen LogP contribution is 2.68. The summed E-state index contributed by atoms with van der Waals surface area (Å²) in [5, 5.41) is 9.31. The van der Waals surface area contributed by atoms with Crippen molar-refractivity contribution in [3.05, 3.63) is 35.9 Å². The van der Waals surface area contributed by atoms with Crippen LogP contribution in [0.5, 0.6) is 0 Å². The molecule has 1 N–H and O–H groups in total. The highest BCUT2D eigenvalue weighted by Gasteiger charge is 2.64. The van der Waals surface area contributed by atoms with Crippen molar-refractivity contribution in [3.8, 4) is 0 Å². The Bertz CT molecular complexity index is 649. The third kappa shape index (κ3) is 2.19. The van der Waals surface area contributed by atoms with Gasteiger partial charge in [-0.3, -0.25) is 9.59 Å². The van der Waals surface area contributed by atoms with Crippen LogP contribution in [0.15, 0.2) is 30.3 Å². The van der Waals surface area contributed by atoms with Gasteiger partial charge in [0.2, 0.25) is 0 Å². The number of benzene rings is 1. The van der Waals surface area contributed by atoms with Gasteiger partial charge in [0.15, 0.2) is 0 Å². The maximum atomic E-state index is 12.6. The van der Waals surface area contributed by atoms with Crippen molar-refractivity contribution in [2.24, 2.45) is 23.2 Å². The maximum absolute atomic E-state index is 12.6. The molecule has 24 heavy (non-hydrogen) atoms. The van der Waals surface area contributed by atoms with Crippen molar-refractivity contribution in [3.63, 3.8) is 0 Å². The van der Waals surface area contributed by atoms with Gasteiger partial charge in [-0.05, 0) is 60.8 Å². The molecule has 4 nitrogen and oxygen atoms in total. The fraction of sp³-hybridized carbons (Fsp3) is 0.600. The van der Waals surface area contributed by atoms with Gasteiger partial charge in [0.25, 0.3) is 0 Å². The molecule has 4 bridgehead atoms. The van der Waals surface area contributed by atoms with Crippen LogP contribution in [0.3, 0.4) is 0 Å². The second-order valence-electron chi connectivity index (χ2n) is 8.19. The van der Waals surface area contributed by atoms with E-state index in [2.05, 4.69) is 24.3 Å². The summed E-state index contributed by atoms with van der Waals surface area (Å²) in [5.74, 6) is 0.0139. The number of carboxylic acid groups (broad SMARTS) is 1. The Morgan fingerprint density at radius 2 is 1.75 bits per heavy atom. The normalized spacial score (nSPS) is 39.6. The van der Waals surface area contributed by atoms with Crippen molar-refractivity contribution in [1.29, 1.82) is 0 Å². The van der Waals surface area contributed by atoms with Gasteiger partial charge < -0.3 is 9.84 Å². The summed E-state index contributed by atoms with van der Waals surface area (Å²) in [6.07, 6.45) is 4.68. The molecule has 4 aliphatic carbocycles. The first-order valence-corrected chi connectivity index (χ1v) is 8.84. The van der Waals surface area contributed by atoms with E-state index in [1.165, 1.54) is 12.7 Å². The lowest BCUT2D eigenvalue weighted by atomic mass is 9.40. The fourth-order valence-corrected chi connectivity index (χ4v) is 6.37. The number of aliphatic carboxylic acids is 1. The Hall–Kier alpha value is -1.84. The Labute approximate surface area is 142 Å². The minimum atomic E-state index is -0.714. The Morgan fingerprint density at radius 3 is 2.29 bits per heavy atom. The Morgan fingerprint density at radius 1 is 1.12 bits per heavy atom. The largest absolute Gasteiger partial charge is 0.481 e. The lowest BCUT2D eigenvalue weighted by Gasteiger charge is -2.63. The minimum Gasteiger partial charge on any atom is -0.481 e. The van der Waals surface area contributed by atoms with Gasteiger partial charge in [-0.15, -0.1) is 0 Å². The molecule has 4 fully saturated rings. The molecule has 0 heterocycles. The van der Waals surface area contributed by atoms with Gasteiger partial charge in [0.05, 0.1) is 12.5 Å². The van der Waals surface area contributed by atoms with E-state index < -0.39 is 11.4 Å². The molecule has 2 atom stereocenters. The molecule has 0 aliphatic heterocycles. The number of rotatable bonds is 4. The molecule has 0 aromatic heterocycles. The van der Waals surface area contributed by atoms with Crippen LogP contribution in [0.4, 0.5) is 0 Å². The average Bonchev–Trinajstić information content (AvgIpc) is 2.57. The summed E-state index contributed by atoms with van der Waals surface area (Å²) < 4.78 is 5.18. The zero-order chi connectivity index (χ0) is 16.9. The van der Waals surface area contributed by atoms with Crippen LogP contribution in [-0.2, 0) is 19.7 Å². The molecular weight excluding hydrogens is 304 g/mol. The quantitative estimate of drug-likeness (QED) is 0.861. The number of esters is 1. The topological polar surface area (TPSA) is 63.6 Å². The number of carboxylic acids is 1. The second kappa shape index (κ2) is 5.33. The summed E-state index contributed by atoms with van der Waals surface area (Å²) in [5.41, 5.74) is 0.906. The molecule has 0 spiro atoms. The van der Waals surface area contributed by atoms with Crippen molar-refractivity contribution in [2.75, 3.05) is 7.11 Å². The lowest BCUT2D eigenvalue weighted by molar-refractivity contribution is -0.179. The van der Waals surface area contributed by atoms with E-state index in [-0.39, 0.29) is 23.7 Å². The molecule has 1 aromatic carbocycles. The molecule has 128 valence electrons. The molecule has 5 rings (SSSR count). The third-order valence-corrected chi connectivity index (χ3v) is 6.91. The monoisotopic (exact) mass is 328 g/mol. The number of carbonyl (C=O) groups is 2. The molecule has 4 aliphatic rings. The van der Waals surface area contributed by atoms with Gasteiger partial charge in [0.1, 0.15) is 0 Å². The summed E-state index contributed by atoms with van der Waals surface area (Å²) in [7, 11) is 1.48. The van der Waals surface area contributed by atoms with Crippen LogP contribution in [0.25, 0.3) is 0 Å². The summed E-state index contributed by atoms with van der Waals surface area (Å²) in [6, 6.07) is 10.5. The number of hydrogen-bond acceptors (Lipinski definition) is 3. The van der Waals surface area contributed by atoms with Crippen molar-refractivity contribution in [2.45, 2.75) is 43.9 Å². The Balaban J connectivity index is 1.75. The molecule has 2 unspecified atom stereocenters. The summed E-state index contributed by atoms with van der Waals surface area (Å²) in [6.45, 7) is 0. The first-order chi connectivity index (χ1) is 11.5. The zero-order valence-electron chi connectivity index (χ0n) is 14.0. The Kier molecular flexibility index (Phi) is 3.48. The molecule has 0 radical (unpaired) electrons. The van der Waals surface area contributed by atoms with E-state index in [4.69, 9.17) is 4.74 Å². The summed E-state index contributed by atoms with van der Waals surface area (Å²) in [4.78, 5) is 23.9. The van der Waals surface area contributed by atoms with E-state index in [0.717, 1.165) is 32.1 Å². The number of carbonyl (C=O) groups excluding carboxylic acids is 1. The summed E-state index contributed by atoms with van der Waals surface area (Å²) >= 11 is 0. The predicted molar refractivity (Wildman–Crippen MR) is 88.4 cm³/mol. The third-order valence-electron chi connectivity index (χ3n) is 6.91. The van der Waals surface area contributed by atoms with E-state index in [9.17, 15) is 14.7 Å². The van der Waals surface area contributed by atoms with Gasteiger partial charge in [-0.1, -0.05) is 30.3 Å². The molecule has 0 saturated heterocycles. The average molecular weight is 328 g/mol. The van der Waals surface area contributed by atoms with Gasteiger partial charge in [-0.2, -0.15) is 0 Å². The van der Waals surface area contributed by atoms with Crippen molar-refractivity contribution >= 4 is 11.9 Å². The van der Waals surface area contributed by atoms with E-state index in [1.807, 2.05) is 6.07 Å².